The van der Waals surface area contributed by atoms with Crippen LogP contribution in [0.2, 0.25) is 0 Å². The smallest absolute Gasteiger partial charge is 0.312 e. The van der Waals surface area contributed by atoms with Crippen LogP contribution in [0.15, 0.2) is 0 Å². The Morgan fingerprint density at radius 1 is 0.484 bits per heavy atom. The molecule has 0 amide bonds. The van der Waals surface area contributed by atoms with Crippen molar-refractivity contribution in [2.24, 2.45) is 122 Å². The first-order chi connectivity index (χ1) is 43.6. The molecule has 0 aromatic heterocycles. The van der Waals surface area contributed by atoms with Crippen LogP contribution in [0.1, 0.15) is 278 Å². The van der Waals surface area contributed by atoms with Gasteiger partial charge < -0.3 is 38.3 Å². The summed E-state index contributed by atoms with van der Waals surface area (Å²) in [4.78, 5) is 84.6. The normalized spacial score (nSPS) is 43.3. The van der Waals surface area contributed by atoms with E-state index in [1.807, 2.05) is 83.1 Å². The van der Waals surface area contributed by atoms with Gasteiger partial charge in [0.25, 0.3) is 0 Å². The second kappa shape index (κ2) is 25.8. The van der Waals surface area contributed by atoms with E-state index in [1.54, 1.807) is 0 Å². The molecule has 15 nitrogen and oxygen atoms in total. The molecule has 1 N–H and O–H groups in total. The van der Waals surface area contributed by atoms with Crippen LogP contribution in [0.25, 0.3) is 0 Å². The standard InChI is InChI=1S/C18H30O2.C17H28O2.C16H26O3.C14H20O4.C13H18O4/c1-5-17(3,4)16(19)20-18(6-2)14-8-12-7-13(10-14)11-15(18)9-12;1-5-16(2,3)15(18)19-17(4)13-7-11-6-12(9-13)10-14(17)8-11;1-4-14(2,3)13(17)19-16-8-11-5-12(9-16)7-15(18,6-11)10-16;1-4-14(2,3)13(16)18-10-7-5-8-9(6-7)12(15)17-11(8)10;1-3-6(2)12(14)16-10-7-4-8-9(5-7)13(15)17-11(8)10/h12-15H,5-11H2,1-4H3;11-14H,5-10H2,1-4H3;11-12,18H,4-10H2,1-3H3;7-11H,4-6H2,1-3H3;6-11H,3-5H2,1-2H3. The van der Waals surface area contributed by atoms with Crippen molar-refractivity contribution in [1.29, 1.82) is 0 Å². The Labute approximate surface area is 557 Å². The number of esters is 7. The topological polar surface area (TPSA) is 204 Å². The minimum absolute atomic E-state index is 0.0185. The third kappa shape index (κ3) is 13.3. The predicted octanol–water partition coefficient (Wildman–Crippen LogP) is 15.2. The highest BCUT2D eigenvalue weighted by atomic mass is 16.6. The molecule has 0 aromatic rings. The van der Waals surface area contributed by atoms with Crippen molar-refractivity contribution in [2.75, 3.05) is 0 Å². The highest BCUT2D eigenvalue weighted by molar-refractivity contribution is 5.80. The van der Waals surface area contributed by atoms with Gasteiger partial charge in [0.1, 0.15) is 41.2 Å². The van der Waals surface area contributed by atoms with Gasteiger partial charge in [0.15, 0.2) is 0 Å². The summed E-state index contributed by atoms with van der Waals surface area (Å²) in [6.07, 6.45) is 26.9. The van der Waals surface area contributed by atoms with E-state index in [-0.39, 0.29) is 112 Å². The van der Waals surface area contributed by atoms with Crippen molar-refractivity contribution in [3.63, 3.8) is 0 Å². The predicted molar refractivity (Wildman–Crippen MR) is 351 cm³/mol. The van der Waals surface area contributed by atoms with Crippen molar-refractivity contribution in [3.8, 4) is 0 Å². The molecule has 524 valence electrons. The summed E-state index contributed by atoms with van der Waals surface area (Å²) in [7, 11) is 0. The van der Waals surface area contributed by atoms with E-state index in [0.717, 1.165) is 114 Å². The maximum absolute atomic E-state index is 12.6. The Morgan fingerprint density at radius 2 is 0.860 bits per heavy atom. The molecule has 2 heterocycles. The molecule has 15 heteroatoms. The largest absolute Gasteiger partial charge is 0.459 e. The zero-order chi connectivity index (χ0) is 67.5. The molecule has 2 aliphatic heterocycles. The molecule has 93 heavy (non-hydrogen) atoms. The van der Waals surface area contributed by atoms with E-state index >= 15 is 0 Å². The van der Waals surface area contributed by atoms with Crippen LogP contribution in [0.5, 0.6) is 0 Å². The van der Waals surface area contributed by atoms with Gasteiger partial charge in [0.05, 0.1) is 45.0 Å². The van der Waals surface area contributed by atoms with Crippen LogP contribution < -0.4 is 0 Å². The Balaban J connectivity index is 0.000000119. The molecule has 16 saturated carbocycles. The van der Waals surface area contributed by atoms with Crippen molar-refractivity contribution in [1.82, 2.24) is 0 Å². The Hall–Kier alpha value is -3.75. The summed E-state index contributed by atoms with van der Waals surface area (Å²) in [5, 5.41) is 10.6. The van der Waals surface area contributed by atoms with Gasteiger partial charge in [-0.25, -0.2) is 0 Å². The summed E-state index contributed by atoms with van der Waals surface area (Å²) in [5.74, 6) is 8.22. The quantitative estimate of drug-likeness (QED) is 0.113. The number of hydrogen-bond donors (Lipinski definition) is 1. The molecule has 13 unspecified atom stereocenters. The number of ether oxygens (including phenoxy) is 7. The Bertz CT molecular complexity index is 2740. The van der Waals surface area contributed by atoms with Crippen LogP contribution in [0.3, 0.4) is 0 Å². The number of hydrogen-bond acceptors (Lipinski definition) is 15. The lowest BCUT2D eigenvalue weighted by molar-refractivity contribution is -0.225. The monoisotopic (exact) mass is 1300 g/mol. The molecular formula is C78H122O15. The zero-order valence-electron chi connectivity index (χ0n) is 60.2. The summed E-state index contributed by atoms with van der Waals surface area (Å²) in [5.41, 5.74) is -2.75. The third-order valence-corrected chi connectivity index (χ3v) is 28.8. The van der Waals surface area contributed by atoms with Crippen molar-refractivity contribution in [3.05, 3.63) is 0 Å². The maximum atomic E-state index is 12.6. The molecule has 0 spiro atoms. The van der Waals surface area contributed by atoms with Gasteiger partial charge in [0.2, 0.25) is 0 Å². The van der Waals surface area contributed by atoms with E-state index in [9.17, 15) is 38.7 Å². The third-order valence-electron chi connectivity index (χ3n) is 28.8. The number of aliphatic hydroxyl groups is 1. The fraction of sp³-hybridized carbons (Fsp3) is 0.910. The fourth-order valence-corrected chi connectivity index (χ4v) is 21.7. The number of rotatable bonds is 16. The molecule has 18 aliphatic rings. The summed E-state index contributed by atoms with van der Waals surface area (Å²) >= 11 is 0. The molecule has 16 aliphatic carbocycles. The van der Waals surface area contributed by atoms with Crippen LogP contribution in [-0.2, 0) is 66.7 Å². The lowest BCUT2D eigenvalue weighted by atomic mass is 9.49. The summed E-state index contributed by atoms with van der Waals surface area (Å²) in [6, 6.07) is 0. The zero-order valence-corrected chi connectivity index (χ0v) is 60.2. The van der Waals surface area contributed by atoms with Gasteiger partial charge in [-0.3, -0.25) is 33.6 Å². The van der Waals surface area contributed by atoms with Gasteiger partial charge >= 0.3 is 41.8 Å². The highest BCUT2D eigenvalue weighted by Crippen LogP contribution is 2.64. The maximum Gasteiger partial charge on any atom is 0.312 e. The average Bonchev–Trinajstić information content (AvgIpc) is 1.66. The van der Waals surface area contributed by atoms with Gasteiger partial charge in [0, 0.05) is 30.1 Å². The van der Waals surface area contributed by atoms with Crippen LogP contribution in [-0.4, -0.2) is 93.7 Å². The molecule has 18 rings (SSSR count). The minimum Gasteiger partial charge on any atom is -0.459 e. The van der Waals surface area contributed by atoms with E-state index in [1.165, 1.54) is 70.6 Å². The van der Waals surface area contributed by atoms with Crippen molar-refractivity contribution < 1.29 is 71.8 Å². The number of carbonyl (C=O) groups excluding carboxylic acids is 7. The lowest BCUT2D eigenvalue weighted by Gasteiger charge is -2.60. The second-order valence-electron chi connectivity index (χ2n) is 36.5. The van der Waals surface area contributed by atoms with E-state index in [4.69, 9.17) is 33.2 Å². The highest BCUT2D eigenvalue weighted by Gasteiger charge is 2.66. The number of fused-ring (bicyclic) bond motifs is 2. The van der Waals surface area contributed by atoms with E-state index < -0.39 is 16.4 Å². The van der Waals surface area contributed by atoms with Crippen LogP contribution in [0.4, 0.5) is 0 Å². The van der Waals surface area contributed by atoms with Crippen LogP contribution >= 0.6 is 0 Å². The van der Waals surface area contributed by atoms with Crippen molar-refractivity contribution >= 4 is 41.8 Å². The van der Waals surface area contributed by atoms with Crippen molar-refractivity contribution in [2.45, 2.75) is 325 Å². The van der Waals surface area contributed by atoms with E-state index in [2.05, 4.69) is 27.7 Å². The second-order valence-corrected chi connectivity index (χ2v) is 36.5. The SMILES string of the molecule is CCC(C)(C)C(=O)OC1(C)C2CC3CC(C2)CC1C3.CCC(C)(C)C(=O)OC1(CC)C2CC3CC(C2)CC1C3.CCC(C)(C)C(=O)OC12CC3CC(CC(O)(C3)C1)C2.CCC(C)(C)C(=O)OC1C2CC3C(=O)OC1C3C2.CCC(C)C(=O)OC1C2CC3C(=O)OC1C3C2. The average molecular weight is 1300 g/mol. The number of carbonyl (C=O) groups is 7. The molecule has 0 radical (unpaired) electrons. The first-order valence-electron chi connectivity index (χ1n) is 37.8. The van der Waals surface area contributed by atoms with Gasteiger partial charge in [-0.15, -0.1) is 0 Å². The fourth-order valence-electron chi connectivity index (χ4n) is 21.7. The van der Waals surface area contributed by atoms with Gasteiger partial charge in [-0.1, -0.05) is 48.5 Å². The molecule has 0 aromatic carbocycles. The van der Waals surface area contributed by atoms with Gasteiger partial charge in [-0.05, 0) is 282 Å². The summed E-state index contributed by atoms with van der Waals surface area (Å²) in [6.45, 7) is 32.2. The molecule has 13 atom stereocenters. The summed E-state index contributed by atoms with van der Waals surface area (Å²) < 4.78 is 40.3. The minimum atomic E-state index is -0.555. The van der Waals surface area contributed by atoms with Gasteiger partial charge in [-0.2, -0.15) is 0 Å². The Morgan fingerprint density at radius 3 is 1.26 bits per heavy atom. The lowest BCUT2D eigenvalue weighted by Crippen LogP contribution is -2.61. The first-order valence-corrected chi connectivity index (χ1v) is 37.8. The first kappa shape index (κ1) is 70.6. The molecule has 18 fully saturated rings. The van der Waals surface area contributed by atoms with E-state index in [0.29, 0.717) is 65.6 Å². The Kier molecular flexibility index (Phi) is 19.6. The van der Waals surface area contributed by atoms with Crippen LogP contribution in [0, 0.1) is 122 Å². The molecule has 2 saturated heterocycles. The molecule has 16 bridgehead atoms. The molecular weight excluding hydrogens is 1180 g/mol.